The van der Waals surface area contributed by atoms with E-state index >= 15 is 0 Å². The zero-order valence-electron chi connectivity index (χ0n) is 7.91. The largest absolute Gasteiger partial charge is 0.345 e. The van der Waals surface area contributed by atoms with Crippen molar-refractivity contribution in [2.75, 3.05) is 0 Å². The number of rotatable bonds is 1. The van der Waals surface area contributed by atoms with Crippen LogP contribution in [0.3, 0.4) is 0 Å². The molecule has 6 heteroatoms. The highest BCUT2D eigenvalue weighted by Crippen LogP contribution is 2.16. The van der Waals surface area contributed by atoms with Crippen LogP contribution in [0.15, 0.2) is 0 Å². The highest BCUT2D eigenvalue weighted by atomic mass is 35.5. The minimum atomic E-state index is -0.773. The molecule has 5 nitrogen and oxygen atoms in total. The van der Waals surface area contributed by atoms with Crippen molar-refractivity contribution in [3.8, 4) is 0 Å². The molecule has 0 radical (unpaired) electrons. The van der Waals surface area contributed by atoms with E-state index in [4.69, 9.17) is 5.84 Å². The lowest BCUT2D eigenvalue weighted by molar-refractivity contribution is -0.139. The summed E-state index contributed by atoms with van der Waals surface area (Å²) in [5, 5.41) is 2.64. The van der Waals surface area contributed by atoms with Gasteiger partial charge in [-0.25, -0.2) is 5.84 Å². The molecule has 1 rings (SSSR count). The molecule has 0 unspecified atom stereocenters. The molecular weight excluding hydrogens is 206 g/mol. The van der Waals surface area contributed by atoms with Gasteiger partial charge in [-0.3, -0.25) is 15.0 Å². The summed E-state index contributed by atoms with van der Waals surface area (Å²) in [4.78, 5) is 21.8. The van der Waals surface area contributed by atoms with Crippen LogP contribution in [0.4, 0.5) is 0 Å². The lowest BCUT2D eigenvalue weighted by atomic mass is 9.95. The number of carbonyl (C=O) groups excluding carboxylic acids is 2. The summed E-state index contributed by atoms with van der Waals surface area (Å²) < 4.78 is 0. The van der Waals surface area contributed by atoms with Gasteiger partial charge in [0, 0.05) is 6.04 Å². The molecule has 0 aromatic carbocycles. The van der Waals surface area contributed by atoms with Crippen LogP contribution in [-0.4, -0.2) is 17.9 Å². The number of nitrogens with one attached hydrogen (secondary N) is 2. The summed E-state index contributed by atoms with van der Waals surface area (Å²) in [6, 6.07) is 0.151. The number of hydrogen-bond donors (Lipinski definition) is 3. The average molecular weight is 222 g/mol. The van der Waals surface area contributed by atoms with Crippen LogP contribution in [0.5, 0.6) is 0 Å². The van der Waals surface area contributed by atoms with Gasteiger partial charge in [-0.1, -0.05) is 19.3 Å². The summed E-state index contributed by atoms with van der Waals surface area (Å²) >= 11 is 0. The smallest absolute Gasteiger partial charge is 0.323 e. The van der Waals surface area contributed by atoms with Crippen LogP contribution in [0, 0.1) is 0 Å². The van der Waals surface area contributed by atoms with Crippen molar-refractivity contribution in [3.63, 3.8) is 0 Å². The number of halogens is 1. The lowest BCUT2D eigenvalue weighted by Gasteiger charge is -2.22. The van der Waals surface area contributed by atoms with Crippen LogP contribution >= 0.6 is 12.4 Å². The van der Waals surface area contributed by atoms with Crippen molar-refractivity contribution < 1.29 is 9.59 Å². The molecule has 0 bridgehead atoms. The summed E-state index contributed by atoms with van der Waals surface area (Å²) in [6.45, 7) is 0. The molecule has 2 amide bonds. The van der Waals surface area contributed by atoms with Crippen LogP contribution < -0.4 is 16.6 Å². The van der Waals surface area contributed by atoms with E-state index in [0.717, 1.165) is 25.7 Å². The van der Waals surface area contributed by atoms with Gasteiger partial charge in [0.1, 0.15) is 0 Å². The van der Waals surface area contributed by atoms with E-state index in [1.165, 1.54) is 6.42 Å². The Balaban J connectivity index is 0.00000169. The van der Waals surface area contributed by atoms with E-state index in [9.17, 15) is 9.59 Å². The Morgan fingerprint density at radius 1 is 1.07 bits per heavy atom. The predicted molar refractivity (Wildman–Crippen MR) is 54.6 cm³/mol. The van der Waals surface area contributed by atoms with E-state index in [2.05, 4.69) is 5.32 Å². The fourth-order valence-corrected chi connectivity index (χ4v) is 1.56. The molecule has 4 N–H and O–H groups in total. The number of carbonyl (C=O) groups is 2. The standard InChI is InChI=1S/C8H15N3O2.ClH/c9-11-8(13)7(12)10-6-4-2-1-3-5-6;/h6H,1-5,9H2,(H,10,12)(H,11,13);1H. The van der Waals surface area contributed by atoms with Gasteiger partial charge in [0.15, 0.2) is 0 Å². The van der Waals surface area contributed by atoms with Crippen molar-refractivity contribution in [1.29, 1.82) is 0 Å². The first-order valence-corrected chi connectivity index (χ1v) is 4.55. The molecule has 1 saturated carbocycles. The minimum Gasteiger partial charge on any atom is -0.345 e. The maximum Gasteiger partial charge on any atom is 0.323 e. The second-order valence-electron chi connectivity index (χ2n) is 3.28. The highest BCUT2D eigenvalue weighted by molar-refractivity contribution is 6.34. The fourth-order valence-electron chi connectivity index (χ4n) is 1.56. The fraction of sp³-hybridized carbons (Fsp3) is 0.750. The Morgan fingerprint density at radius 3 is 2.14 bits per heavy atom. The molecule has 0 aromatic heterocycles. The van der Waals surface area contributed by atoms with Crippen LogP contribution in [0.25, 0.3) is 0 Å². The second kappa shape index (κ2) is 6.62. The molecular formula is C8H16ClN3O2. The molecule has 0 saturated heterocycles. The average Bonchev–Trinajstić information content (AvgIpc) is 2.18. The molecule has 82 valence electrons. The van der Waals surface area contributed by atoms with Gasteiger partial charge in [-0.15, -0.1) is 12.4 Å². The molecule has 0 aliphatic heterocycles. The molecule has 1 aliphatic carbocycles. The second-order valence-corrected chi connectivity index (χ2v) is 3.28. The van der Waals surface area contributed by atoms with E-state index in [1.807, 2.05) is 0 Å². The summed E-state index contributed by atoms with van der Waals surface area (Å²) in [6.07, 6.45) is 5.38. The number of nitrogens with two attached hydrogens (primary N) is 1. The molecule has 1 fully saturated rings. The topological polar surface area (TPSA) is 84.2 Å². The molecule has 0 atom stereocenters. The first kappa shape index (κ1) is 13.2. The first-order chi connectivity index (χ1) is 6.24. The van der Waals surface area contributed by atoms with Crippen molar-refractivity contribution in [2.24, 2.45) is 5.84 Å². The monoisotopic (exact) mass is 221 g/mol. The zero-order chi connectivity index (χ0) is 9.68. The van der Waals surface area contributed by atoms with Gasteiger partial charge in [0.2, 0.25) is 0 Å². The van der Waals surface area contributed by atoms with Crippen LogP contribution in [0.2, 0.25) is 0 Å². The van der Waals surface area contributed by atoms with Crippen LogP contribution in [-0.2, 0) is 9.59 Å². The van der Waals surface area contributed by atoms with Crippen molar-refractivity contribution in [3.05, 3.63) is 0 Å². The minimum absolute atomic E-state index is 0. The van der Waals surface area contributed by atoms with Crippen LogP contribution in [0.1, 0.15) is 32.1 Å². The first-order valence-electron chi connectivity index (χ1n) is 4.55. The van der Waals surface area contributed by atoms with Gasteiger partial charge in [-0.05, 0) is 12.8 Å². The van der Waals surface area contributed by atoms with E-state index in [1.54, 1.807) is 5.43 Å². The van der Waals surface area contributed by atoms with Gasteiger partial charge >= 0.3 is 11.8 Å². The highest BCUT2D eigenvalue weighted by Gasteiger charge is 2.19. The molecule has 0 spiro atoms. The molecule has 14 heavy (non-hydrogen) atoms. The third-order valence-electron chi connectivity index (χ3n) is 2.28. The lowest BCUT2D eigenvalue weighted by Crippen LogP contribution is -2.47. The normalized spacial score (nSPS) is 16.6. The number of amides is 2. The summed E-state index contributed by atoms with van der Waals surface area (Å²) in [5.74, 6) is 3.41. The molecule has 0 heterocycles. The Kier molecular flexibility index (Phi) is 6.23. The quantitative estimate of drug-likeness (QED) is 0.249. The number of hydrazine groups is 1. The Hall–Kier alpha value is -0.810. The zero-order valence-corrected chi connectivity index (χ0v) is 8.73. The summed E-state index contributed by atoms with van der Waals surface area (Å²) in [7, 11) is 0. The SMILES string of the molecule is Cl.NNC(=O)C(=O)NC1CCCCC1. The molecule has 0 aromatic rings. The van der Waals surface area contributed by atoms with Gasteiger partial charge in [0.25, 0.3) is 0 Å². The van der Waals surface area contributed by atoms with Crippen molar-refractivity contribution in [1.82, 2.24) is 10.7 Å². The third kappa shape index (κ3) is 3.93. The predicted octanol–water partition coefficient (Wildman–Crippen LogP) is -0.153. The Bertz CT molecular complexity index is 205. The Morgan fingerprint density at radius 2 is 1.64 bits per heavy atom. The van der Waals surface area contributed by atoms with Gasteiger partial charge in [0.05, 0.1) is 0 Å². The van der Waals surface area contributed by atoms with E-state index < -0.39 is 11.8 Å². The van der Waals surface area contributed by atoms with Crippen molar-refractivity contribution in [2.45, 2.75) is 38.1 Å². The third-order valence-corrected chi connectivity index (χ3v) is 2.28. The Labute approximate surface area is 89.2 Å². The van der Waals surface area contributed by atoms with E-state index in [-0.39, 0.29) is 18.4 Å². The van der Waals surface area contributed by atoms with Crippen molar-refractivity contribution >= 4 is 24.2 Å². The summed E-state index contributed by atoms with van der Waals surface area (Å²) in [5.41, 5.74) is 1.80. The maximum absolute atomic E-state index is 11.0. The van der Waals surface area contributed by atoms with E-state index in [0.29, 0.717) is 0 Å². The van der Waals surface area contributed by atoms with Gasteiger partial charge < -0.3 is 5.32 Å². The number of hydrogen-bond acceptors (Lipinski definition) is 3. The molecule has 1 aliphatic rings. The maximum atomic E-state index is 11.0. The van der Waals surface area contributed by atoms with Gasteiger partial charge in [-0.2, -0.15) is 0 Å².